The van der Waals surface area contributed by atoms with Crippen LogP contribution in [-0.2, 0) is 4.79 Å². The Bertz CT molecular complexity index is 729. The lowest BCUT2D eigenvalue weighted by molar-refractivity contribution is -0.135. The molecule has 0 aliphatic carbocycles. The van der Waals surface area contributed by atoms with Crippen molar-refractivity contribution in [1.82, 2.24) is 10.9 Å². The Labute approximate surface area is 137 Å². The van der Waals surface area contributed by atoms with Crippen LogP contribution in [0.15, 0.2) is 48.5 Å². The first kappa shape index (κ1) is 17.4. The van der Waals surface area contributed by atoms with Crippen LogP contribution in [0.1, 0.15) is 24.2 Å². The van der Waals surface area contributed by atoms with Crippen molar-refractivity contribution in [1.29, 1.82) is 0 Å². The van der Waals surface area contributed by atoms with Gasteiger partial charge in [0.15, 0.2) is 5.60 Å². The largest absolute Gasteiger partial charge is 0.478 e. The number of amides is 2. The third-order valence-electron chi connectivity index (χ3n) is 3.13. The van der Waals surface area contributed by atoms with Crippen LogP contribution in [0.5, 0.6) is 5.75 Å². The quantitative estimate of drug-likeness (QED) is 0.845. The zero-order chi connectivity index (χ0) is 17.7. The van der Waals surface area contributed by atoms with E-state index < -0.39 is 29.0 Å². The summed E-state index contributed by atoms with van der Waals surface area (Å²) in [6, 6.07) is 10.0. The topological polar surface area (TPSA) is 67.4 Å². The monoisotopic (exact) mass is 334 g/mol. The molecule has 0 unspecified atom stereocenters. The second-order valence-corrected chi connectivity index (χ2v) is 5.48. The molecule has 2 amide bonds. The average Bonchev–Trinajstić information content (AvgIpc) is 2.55. The van der Waals surface area contributed by atoms with Crippen molar-refractivity contribution in [3.05, 3.63) is 65.7 Å². The van der Waals surface area contributed by atoms with Crippen LogP contribution < -0.4 is 15.6 Å². The summed E-state index contributed by atoms with van der Waals surface area (Å²) >= 11 is 0. The molecule has 0 aliphatic rings. The molecule has 0 bridgehead atoms. The number of rotatable bonds is 4. The predicted molar refractivity (Wildman–Crippen MR) is 83.1 cm³/mol. The molecule has 7 heteroatoms. The molecule has 0 aliphatic heterocycles. The highest BCUT2D eigenvalue weighted by atomic mass is 19.1. The van der Waals surface area contributed by atoms with Crippen LogP contribution >= 0.6 is 0 Å². The van der Waals surface area contributed by atoms with E-state index in [0.717, 1.165) is 12.1 Å². The maximum atomic E-state index is 12.9. The van der Waals surface area contributed by atoms with Crippen molar-refractivity contribution in [2.24, 2.45) is 0 Å². The zero-order valence-electron chi connectivity index (χ0n) is 13.1. The van der Waals surface area contributed by atoms with Gasteiger partial charge in [-0.3, -0.25) is 20.4 Å². The van der Waals surface area contributed by atoms with E-state index in [1.165, 1.54) is 50.2 Å². The lowest BCUT2D eigenvalue weighted by Gasteiger charge is -2.25. The molecule has 0 atom stereocenters. The number of hydrogen-bond acceptors (Lipinski definition) is 3. The number of benzene rings is 2. The van der Waals surface area contributed by atoms with Crippen molar-refractivity contribution in [3.8, 4) is 5.75 Å². The van der Waals surface area contributed by atoms with Crippen molar-refractivity contribution in [3.63, 3.8) is 0 Å². The van der Waals surface area contributed by atoms with Gasteiger partial charge in [0, 0.05) is 5.56 Å². The van der Waals surface area contributed by atoms with Gasteiger partial charge in [-0.25, -0.2) is 8.78 Å². The molecule has 0 heterocycles. The van der Waals surface area contributed by atoms with Crippen molar-refractivity contribution in [2.75, 3.05) is 0 Å². The van der Waals surface area contributed by atoms with E-state index in [0.29, 0.717) is 5.75 Å². The molecule has 0 aromatic heterocycles. The summed E-state index contributed by atoms with van der Waals surface area (Å²) in [4.78, 5) is 24.0. The maximum absolute atomic E-state index is 12.9. The number of carbonyl (C=O) groups is 2. The number of carbonyl (C=O) groups excluding carboxylic acids is 2. The van der Waals surface area contributed by atoms with Gasteiger partial charge in [-0.1, -0.05) is 0 Å². The number of nitrogens with one attached hydrogen (secondary N) is 2. The fourth-order valence-electron chi connectivity index (χ4n) is 1.78. The fourth-order valence-corrected chi connectivity index (χ4v) is 1.78. The van der Waals surface area contributed by atoms with Crippen molar-refractivity contribution in [2.45, 2.75) is 19.4 Å². The minimum Gasteiger partial charge on any atom is -0.478 e. The third kappa shape index (κ3) is 4.52. The summed E-state index contributed by atoms with van der Waals surface area (Å²) in [5.41, 5.74) is 3.33. The molecule has 0 saturated heterocycles. The van der Waals surface area contributed by atoms with Gasteiger partial charge in [-0.2, -0.15) is 0 Å². The van der Waals surface area contributed by atoms with Gasteiger partial charge in [-0.15, -0.1) is 0 Å². The molecule has 0 fully saturated rings. The van der Waals surface area contributed by atoms with E-state index in [9.17, 15) is 18.4 Å². The summed E-state index contributed by atoms with van der Waals surface area (Å²) in [7, 11) is 0. The van der Waals surface area contributed by atoms with Crippen LogP contribution in [0, 0.1) is 11.6 Å². The highest BCUT2D eigenvalue weighted by Gasteiger charge is 2.30. The SMILES string of the molecule is CC(C)(Oc1ccc(F)cc1)C(=O)NNC(=O)c1ccc(F)cc1. The van der Waals surface area contributed by atoms with E-state index in [2.05, 4.69) is 10.9 Å². The van der Waals surface area contributed by atoms with E-state index in [4.69, 9.17) is 4.74 Å². The minimum absolute atomic E-state index is 0.189. The number of halogens is 2. The Morgan fingerprint density at radius 1 is 0.875 bits per heavy atom. The molecule has 5 nitrogen and oxygen atoms in total. The first-order chi connectivity index (χ1) is 11.3. The maximum Gasteiger partial charge on any atom is 0.281 e. The van der Waals surface area contributed by atoms with Gasteiger partial charge in [0.1, 0.15) is 17.4 Å². The van der Waals surface area contributed by atoms with E-state index in [1.54, 1.807) is 0 Å². The standard InChI is InChI=1S/C17H16F2N2O3/c1-17(2,24-14-9-7-13(19)8-10-14)16(23)21-20-15(22)11-3-5-12(18)6-4-11/h3-10H,1-2H3,(H,20,22)(H,21,23). The molecule has 2 aromatic rings. The first-order valence-corrected chi connectivity index (χ1v) is 7.09. The Balaban J connectivity index is 1.93. The fraction of sp³-hybridized carbons (Fsp3) is 0.176. The molecule has 2 N–H and O–H groups in total. The normalized spacial score (nSPS) is 10.8. The van der Waals surface area contributed by atoms with Crippen LogP contribution in [-0.4, -0.2) is 17.4 Å². The molecule has 2 aromatic carbocycles. The Morgan fingerprint density at radius 3 is 1.92 bits per heavy atom. The molecule has 0 saturated carbocycles. The van der Waals surface area contributed by atoms with E-state index in [1.807, 2.05) is 0 Å². The smallest absolute Gasteiger partial charge is 0.281 e. The van der Waals surface area contributed by atoms with Gasteiger partial charge < -0.3 is 4.74 Å². The van der Waals surface area contributed by atoms with Crippen LogP contribution in [0.2, 0.25) is 0 Å². The number of hydrogen-bond donors (Lipinski definition) is 2. The molecule has 2 rings (SSSR count). The second-order valence-electron chi connectivity index (χ2n) is 5.48. The molecule has 126 valence electrons. The molecular weight excluding hydrogens is 318 g/mol. The van der Waals surface area contributed by atoms with Crippen LogP contribution in [0.25, 0.3) is 0 Å². The summed E-state index contributed by atoms with van der Waals surface area (Å²) in [5, 5.41) is 0. The Hall–Kier alpha value is -2.96. The highest BCUT2D eigenvalue weighted by molar-refractivity contribution is 5.96. The second kappa shape index (κ2) is 7.08. The van der Waals surface area contributed by atoms with Gasteiger partial charge in [-0.05, 0) is 62.4 Å². The highest BCUT2D eigenvalue weighted by Crippen LogP contribution is 2.18. The van der Waals surface area contributed by atoms with Gasteiger partial charge >= 0.3 is 0 Å². The van der Waals surface area contributed by atoms with Crippen molar-refractivity contribution >= 4 is 11.8 Å². The average molecular weight is 334 g/mol. The third-order valence-corrected chi connectivity index (χ3v) is 3.13. The summed E-state index contributed by atoms with van der Waals surface area (Å²) in [6.45, 7) is 2.99. The summed E-state index contributed by atoms with van der Waals surface area (Å²) in [6.07, 6.45) is 0. The Morgan fingerprint density at radius 2 is 1.38 bits per heavy atom. The number of hydrazine groups is 1. The summed E-state index contributed by atoms with van der Waals surface area (Å²) in [5.74, 6) is -1.79. The lowest BCUT2D eigenvalue weighted by Crippen LogP contribution is -2.53. The first-order valence-electron chi connectivity index (χ1n) is 7.09. The Kier molecular flexibility index (Phi) is 5.13. The summed E-state index contributed by atoms with van der Waals surface area (Å²) < 4.78 is 31.2. The molecule has 0 radical (unpaired) electrons. The predicted octanol–water partition coefficient (Wildman–Crippen LogP) is 2.58. The van der Waals surface area contributed by atoms with Crippen LogP contribution in [0.3, 0.4) is 0 Å². The molecule has 24 heavy (non-hydrogen) atoms. The zero-order valence-corrected chi connectivity index (χ0v) is 13.1. The van der Waals surface area contributed by atoms with Gasteiger partial charge in [0.2, 0.25) is 0 Å². The van der Waals surface area contributed by atoms with Crippen molar-refractivity contribution < 1.29 is 23.1 Å². The lowest BCUT2D eigenvalue weighted by atomic mass is 10.1. The van der Waals surface area contributed by atoms with Gasteiger partial charge in [0.05, 0.1) is 0 Å². The van der Waals surface area contributed by atoms with E-state index >= 15 is 0 Å². The molecule has 0 spiro atoms. The van der Waals surface area contributed by atoms with Crippen LogP contribution in [0.4, 0.5) is 8.78 Å². The number of ether oxygens (including phenoxy) is 1. The molecular formula is C17H16F2N2O3. The van der Waals surface area contributed by atoms with E-state index in [-0.39, 0.29) is 5.56 Å². The van der Waals surface area contributed by atoms with Gasteiger partial charge in [0.25, 0.3) is 11.8 Å². The minimum atomic E-state index is -1.31.